The zero-order valence-electron chi connectivity index (χ0n) is 17.0. The number of hydrogen-bond acceptors (Lipinski definition) is 2. The number of benzene rings is 1. The van der Waals surface area contributed by atoms with Crippen molar-refractivity contribution in [3.63, 3.8) is 0 Å². The molecule has 4 heteroatoms. The van der Waals surface area contributed by atoms with Crippen molar-refractivity contribution in [2.24, 2.45) is 5.92 Å². The van der Waals surface area contributed by atoms with Gasteiger partial charge in [-0.05, 0) is 53.9 Å². The fraction of sp³-hybridized carbons (Fsp3) is 0.619. The Hall–Kier alpha value is -1.84. The average molecular weight is 347 g/mol. The molecular formula is C21H34N2O2. The van der Waals surface area contributed by atoms with Gasteiger partial charge in [-0.25, -0.2) is 0 Å². The van der Waals surface area contributed by atoms with Crippen LogP contribution < -0.4 is 10.6 Å². The van der Waals surface area contributed by atoms with Crippen LogP contribution in [0, 0.1) is 19.8 Å². The number of aryl methyl sites for hydroxylation is 2. The summed E-state index contributed by atoms with van der Waals surface area (Å²) < 4.78 is 0. The van der Waals surface area contributed by atoms with Crippen molar-refractivity contribution in [1.82, 2.24) is 10.6 Å². The maximum atomic E-state index is 12.3. The van der Waals surface area contributed by atoms with Gasteiger partial charge in [-0.1, -0.05) is 46.8 Å². The number of nitrogens with one attached hydrogen (secondary N) is 2. The first-order valence-corrected chi connectivity index (χ1v) is 9.09. The minimum absolute atomic E-state index is 0.0541. The predicted octanol–water partition coefficient (Wildman–Crippen LogP) is 3.42. The van der Waals surface area contributed by atoms with Crippen LogP contribution in [-0.4, -0.2) is 24.4 Å². The lowest BCUT2D eigenvalue weighted by Gasteiger charge is -2.23. The topological polar surface area (TPSA) is 58.2 Å². The standard InChI is InChI=1S/C21H34N2O2/c1-13(2)19(23-16(5)24)20(25)22-10-9-18-14(3)11-17(12-15(18)4)21(6,7)8/h11-13,19H,9-10H2,1-8H3,(H,22,25)(H,23,24)/t19-/m0/s1. The van der Waals surface area contributed by atoms with Crippen LogP contribution >= 0.6 is 0 Å². The van der Waals surface area contributed by atoms with E-state index in [4.69, 9.17) is 0 Å². The summed E-state index contributed by atoms with van der Waals surface area (Å²) in [6.45, 7) is 16.8. The second-order valence-electron chi connectivity index (χ2n) is 8.30. The number of rotatable bonds is 6. The number of carbonyl (C=O) groups excluding carboxylic acids is 2. The van der Waals surface area contributed by atoms with E-state index in [0.29, 0.717) is 6.54 Å². The van der Waals surface area contributed by atoms with Crippen molar-refractivity contribution in [2.75, 3.05) is 6.54 Å². The molecule has 1 atom stereocenters. The third-order valence-electron chi connectivity index (χ3n) is 4.54. The molecule has 0 saturated heterocycles. The highest BCUT2D eigenvalue weighted by Gasteiger charge is 2.22. The summed E-state index contributed by atoms with van der Waals surface area (Å²) in [5.41, 5.74) is 5.28. The van der Waals surface area contributed by atoms with Gasteiger partial charge in [-0.2, -0.15) is 0 Å². The number of carbonyl (C=O) groups is 2. The Morgan fingerprint density at radius 2 is 1.60 bits per heavy atom. The minimum Gasteiger partial charge on any atom is -0.354 e. The maximum Gasteiger partial charge on any atom is 0.242 e. The molecule has 1 aromatic carbocycles. The van der Waals surface area contributed by atoms with Gasteiger partial charge in [-0.15, -0.1) is 0 Å². The van der Waals surface area contributed by atoms with Crippen molar-refractivity contribution in [2.45, 2.75) is 73.3 Å². The summed E-state index contributed by atoms with van der Waals surface area (Å²) in [6.07, 6.45) is 0.790. The van der Waals surface area contributed by atoms with Gasteiger partial charge in [0.05, 0.1) is 0 Å². The molecule has 0 spiro atoms. The van der Waals surface area contributed by atoms with Crippen LogP contribution in [-0.2, 0) is 21.4 Å². The van der Waals surface area contributed by atoms with E-state index in [9.17, 15) is 9.59 Å². The van der Waals surface area contributed by atoms with Crippen LogP contribution in [0.3, 0.4) is 0 Å². The summed E-state index contributed by atoms with van der Waals surface area (Å²) in [5.74, 6) is -0.247. The number of hydrogen-bond donors (Lipinski definition) is 2. The van der Waals surface area contributed by atoms with Crippen LogP contribution in [0.2, 0.25) is 0 Å². The summed E-state index contributed by atoms with van der Waals surface area (Å²) in [6, 6.07) is 4.01. The molecule has 0 aliphatic rings. The van der Waals surface area contributed by atoms with Gasteiger partial charge in [-0.3, -0.25) is 9.59 Å². The smallest absolute Gasteiger partial charge is 0.242 e. The molecule has 0 aliphatic carbocycles. The van der Waals surface area contributed by atoms with E-state index in [1.54, 1.807) is 0 Å². The van der Waals surface area contributed by atoms with Crippen molar-refractivity contribution in [3.8, 4) is 0 Å². The molecule has 2 amide bonds. The average Bonchev–Trinajstić information content (AvgIpc) is 2.45. The monoisotopic (exact) mass is 346 g/mol. The van der Waals surface area contributed by atoms with E-state index in [0.717, 1.165) is 6.42 Å². The Balaban J connectivity index is 2.76. The highest BCUT2D eigenvalue weighted by molar-refractivity contribution is 5.87. The van der Waals surface area contributed by atoms with E-state index < -0.39 is 6.04 Å². The van der Waals surface area contributed by atoms with Crippen molar-refractivity contribution in [1.29, 1.82) is 0 Å². The molecule has 0 bridgehead atoms. The van der Waals surface area contributed by atoms with E-state index in [1.807, 2.05) is 13.8 Å². The van der Waals surface area contributed by atoms with E-state index >= 15 is 0 Å². The van der Waals surface area contributed by atoms with Crippen LogP contribution in [0.1, 0.15) is 63.8 Å². The third-order valence-corrected chi connectivity index (χ3v) is 4.54. The highest BCUT2D eigenvalue weighted by Crippen LogP contribution is 2.27. The van der Waals surface area contributed by atoms with Crippen LogP contribution in [0.15, 0.2) is 12.1 Å². The molecule has 1 rings (SSSR count). The van der Waals surface area contributed by atoms with E-state index in [2.05, 4.69) is 57.4 Å². The lowest BCUT2D eigenvalue weighted by atomic mass is 9.83. The first-order valence-electron chi connectivity index (χ1n) is 9.09. The largest absolute Gasteiger partial charge is 0.354 e. The SMILES string of the molecule is CC(=O)N[C@H](C(=O)NCCc1c(C)cc(C(C)(C)C)cc1C)C(C)C. The molecule has 1 aromatic rings. The molecule has 0 saturated carbocycles. The minimum atomic E-state index is -0.483. The van der Waals surface area contributed by atoms with Gasteiger partial charge < -0.3 is 10.6 Å². The molecule has 0 aliphatic heterocycles. The third kappa shape index (κ3) is 6.18. The van der Waals surface area contributed by atoms with Crippen LogP contribution in [0.5, 0.6) is 0 Å². The van der Waals surface area contributed by atoms with Gasteiger partial charge >= 0.3 is 0 Å². The maximum absolute atomic E-state index is 12.3. The fourth-order valence-corrected chi connectivity index (χ4v) is 3.00. The predicted molar refractivity (Wildman–Crippen MR) is 104 cm³/mol. The molecule has 0 radical (unpaired) electrons. The molecular weight excluding hydrogens is 312 g/mol. The second-order valence-corrected chi connectivity index (χ2v) is 8.30. The zero-order chi connectivity index (χ0) is 19.4. The number of amides is 2. The van der Waals surface area contributed by atoms with Crippen molar-refractivity contribution < 1.29 is 9.59 Å². The molecule has 2 N–H and O–H groups in total. The van der Waals surface area contributed by atoms with Gasteiger partial charge in [0, 0.05) is 13.5 Å². The van der Waals surface area contributed by atoms with Gasteiger partial charge in [0.15, 0.2) is 0 Å². The molecule has 25 heavy (non-hydrogen) atoms. The van der Waals surface area contributed by atoms with E-state index in [1.165, 1.54) is 29.2 Å². The lowest BCUT2D eigenvalue weighted by Crippen LogP contribution is -2.49. The normalized spacial score (nSPS) is 12.8. The first kappa shape index (κ1) is 21.2. The summed E-state index contributed by atoms with van der Waals surface area (Å²) in [4.78, 5) is 23.6. The molecule has 0 aromatic heterocycles. The Bertz CT molecular complexity index is 604. The second kappa shape index (κ2) is 8.50. The summed E-state index contributed by atoms with van der Waals surface area (Å²) in [7, 11) is 0. The first-order chi connectivity index (χ1) is 11.4. The quantitative estimate of drug-likeness (QED) is 0.829. The fourth-order valence-electron chi connectivity index (χ4n) is 3.00. The van der Waals surface area contributed by atoms with Crippen molar-refractivity contribution >= 4 is 11.8 Å². The van der Waals surface area contributed by atoms with Crippen LogP contribution in [0.25, 0.3) is 0 Å². The Kier molecular flexibility index (Phi) is 7.21. The highest BCUT2D eigenvalue weighted by atomic mass is 16.2. The molecule has 0 heterocycles. The summed E-state index contributed by atoms with van der Waals surface area (Å²) in [5, 5.41) is 5.69. The van der Waals surface area contributed by atoms with E-state index in [-0.39, 0.29) is 23.1 Å². The van der Waals surface area contributed by atoms with Gasteiger partial charge in [0.1, 0.15) is 6.04 Å². The molecule has 140 valence electrons. The van der Waals surface area contributed by atoms with Crippen molar-refractivity contribution in [3.05, 3.63) is 34.4 Å². The molecule has 4 nitrogen and oxygen atoms in total. The Morgan fingerprint density at radius 3 is 2.00 bits per heavy atom. The van der Waals surface area contributed by atoms with Gasteiger partial charge in [0.25, 0.3) is 0 Å². The summed E-state index contributed by atoms with van der Waals surface area (Å²) >= 11 is 0. The lowest BCUT2D eigenvalue weighted by molar-refractivity contribution is -0.129. The Labute approximate surface area is 152 Å². The zero-order valence-corrected chi connectivity index (χ0v) is 17.0. The van der Waals surface area contributed by atoms with Crippen LogP contribution in [0.4, 0.5) is 0 Å². The Morgan fingerprint density at radius 1 is 1.08 bits per heavy atom. The molecule has 0 fully saturated rings. The molecule has 0 unspecified atom stereocenters. The van der Waals surface area contributed by atoms with Gasteiger partial charge in [0.2, 0.25) is 11.8 Å².